The van der Waals surface area contributed by atoms with E-state index in [0.717, 1.165) is 30.7 Å². The maximum atomic E-state index is 12.0. The minimum absolute atomic E-state index is 0.0914. The summed E-state index contributed by atoms with van der Waals surface area (Å²) < 4.78 is 0. The highest BCUT2D eigenvalue weighted by Crippen LogP contribution is 2.22. The van der Waals surface area contributed by atoms with E-state index < -0.39 is 0 Å². The van der Waals surface area contributed by atoms with Crippen molar-refractivity contribution in [1.29, 1.82) is 5.26 Å². The number of nitrogens with one attached hydrogen (secondary N) is 1. The average Bonchev–Trinajstić information content (AvgIpc) is 2.60. The van der Waals surface area contributed by atoms with Crippen LogP contribution < -0.4 is 5.32 Å². The van der Waals surface area contributed by atoms with Crippen molar-refractivity contribution >= 4 is 23.5 Å². The molecular formula is C19H22N4OS. The van der Waals surface area contributed by atoms with E-state index in [1.54, 1.807) is 6.07 Å². The second kappa shape index (κ2) is 9.80. The Kier molecular flexibility index (Phi) is 7.42. The molecule has 1 amide bonds. The summed E-state index contributed by atoms with van der Waals surface area (Å²) >= 11 is 1.45. The standard InChI is InChI=1S/C19H22N4OS/c1-3-4-7-16-10-9-15(13-20)19(22-16)25-12-11-18(24)23-17-8-5-6-14(2)21-17/h5-6,8-10H,3-4,7,11-12H2,1-2H3,(H,21,23,24). The highest BCUT2D eigenvalue weighted by molar-refractivity contribution is 7.99. The summed E-state index contributed by atoms with van der Waals surface area (Å²) in [5.41, 5.74) is 2.42. The summed E-state index contributed by atoms with van der Waals surface area (Å²) in [6.45, 7) is 4.02. The average molecular weight is 354 g/mol. The molecule has 0 aliphatic heterocycles. The van der Waals surface area contributed by atoms with E-state index in [4.69, 9.17) is 0 Å². The van der Waals surface area contributed by atoms with Gasteiger partial charge in [0.1, 0.15) is 16.9 Å². The van der Waals surface area contributed by atoms with Gasteiger partial charge in [-0.1, -0.05) is 19.4 Å². The molecule has 0 unspecified atom stereocenters. The molecule has 0 radical (unpaired) electrons. The summed E-state index contributed by atoms with van der Waals surface area (Å²) in [6, 6.07) is 11.4. The molecule has 6 heteroatoms. The van der Waals surface area contributed by atoms with Crippen molar-refractivity contribution in [2.24, 2.45) is 0 Å². The number of hydrogen-bond acceptors (Lipinski definition) is 5. The van der Waals surface area contributed by atoms with E-state index in [1.807, 2.05) is 31.2 Å². The van der Waals surface area contributed by atoms with Gasteiger partial charge in [-0.25, -0.2) is 9.97 Å². The maximum absolute atomic E-state index is 12.0. The van der Waals surface area contributed by atoms with Crippen LogP contribution in [0.15, 0.2) is 35.4 Å². The second-order valence-corrected chi connectivity index (χ2v) is 6.77. The molecule has 1 N–H and O–H groups in total. The topological polar surface area (TPSA) is 78.7 Å². The smallest absolute Gasteiger partial charge is 0.226 e. The fourth-order valence-corrected chi connectivity index (χ4v) is 3.16. The molecule has 5 nitrogen and oxygen atoms in total. The molecule has 130 valence electrons. The number of unbranched alkanes of at least 4 members (excludes halogenated alkanes) is 1. The number of anilines is 1. The van der Waals surface area contributed by atoms with Gasteiger partial charge in [0.25, 0.3) is 0 Å². The maximum Gasteiger partial charge on any atom is 0.226 e. The molecule has 0 aromatic carbocycles. The quantitative estimate of drug-likeness (QED) is 0.721. The Morgan fingerprint density at radius 1 is 1.28 bits per heavy atom. The number of carbonyl (C=O) groups excluding carboxylic acids is 1. The third-order valence-corrected chi connectivity index (χ3v) is 4.54. The molecule has 2 aromatic rings. The van der Waals surface area contributed by atoms with Gasteiger partial charge < -0.3 is 5.32 Å². The van der Waals surface area contributed by atoms with E-state index in [2.05, 4.69) is 28.3 Å². The lowest BCUT2D eigenvalue weighted by Gasteiger charge is -2.07. The Balaban J connectivity index is 1.89. The number of carbonyl (C=O) groups is 1. The van der Waals surface area contributed by atoms with Crippen LogP contribution >= 0.6 is 11.8 Å². The number of amides is 1. The van der Waals surface area contributed by atoms with Crippen molar-refractivity contribution in [1.82, 2.24) is 9.97 Å². The third-order valence-electron chi connectivity index (χ3n) is 3.55. The van der Waals surface area contributed by atoms with Crippen molar-refractivity contribution in [3.8, 4) is 6.07 Å². The minimum Gasteiger partial charge on any atom is -0.311 e. The van der Waals surface area contributed by atoms with Gasteiger partial charge in [0.15, 0.2) is 0 Å². The molecule has 2 rings (SSSR count). The first-order valence-electron chi connectivity index (χ1n) is 8.38. The zero-order valence-electron chi connectivity index (χ0n) is 14.6. The van der Waals surface area contributed by atoms with Gasteiger partial charge in [-0.3, -0.25) is 4.79 Å². The van der Waals surface area contributed by atoms with Gasteiger partial charge in [-0.2, -0.15) is 5.26 Å². The number of aromatic nitrogens is 2. The predicted molar refractivity (Wildman–Crippen MR) is 101 cm³/mol. The molecule has 0 fully saturated rings. The summed E-state index contributed by atoms with van der Waals surface area (Å²) in [5, 5.41) is 12.7. The van der Waals surface area contributed by atoms with Gasteiger partial charge >= 0.3 is 0 Å². The Morgan fingerprint density at radius 3 is 2.84 bits per heavy atom. The second-order valence-electron chi connectivity index (χ2n) is 5.68. The van der Waals surface area contributed by atoms with Gasteiger partial charge in [-0.15, -0.1) is 11.8 Å². The molecule has 0 aliphatic carbocycles. The SMILES string of the molecule is CCCCc1ccc(C#N)c(SCCC(=O)Nc2cccc(C)n2)n1. The Hall–Kier alpha value is -2.39. The van der Waals surface area contributed by atoms with Crippen LogP contribution in [0.4, 0.5) is 5.82 Å². The monoisotopic (exact) mass is 354 g/mol. The van der Waals surface area contributed by atoms with E-state index in [9.17, 15) is 10.1 Å². The first-order valence-corrected chi connectivity index (χ1v) is 9.37. The van der Waals surface area contributed by atoms with Crippen LogP contribution in [0.25, 0.3) is 0 Å². The van der Waals surface area contributed by atoms with Crippen molar-refractivity contribution in [3.63, 3.8) is 0 Å². The van der Waals surface area contributed by atoms with Gasteiger partial charge in [0.05, 0.1) is 5.56 Å². The molecule has 0 saturated heterocycles. The lowest BCUT2D eigenvalue weighted by Crippen LogP contribution is -2.13. The number of nitriles is 1. The lowest BCUT2D eigenvalue weighted by molar-refractivity contribution is -0.115. The fourth-order valence-electron chi connectivity index (χ4n) is 2.23. The number of hydrogen-bond donors (Lipinski definition) is 1. The molecule has 0 spiro atoms. The predicted octanol–water partition coefficient (Wildman–Crippen LogP) is 4.12. The van der Waals surface area contributed by atoms with Crippen LogP contribution in [0, 0.1) is 18.3 Å². The van der Waals surface area contributed by atoms with E-state index in [-0.39, 0.29) is 5.91 Å². The third kappa shape index (κ3) is 6.20. The summed E-state index contributed by atoms with van der Waals surface area (Å²) in [5.74, 6) is 1.04. The van der Waals surface area contributed by atoms with Crippen molar-refractivity contribution in [2.75, 3.05) is 11.1 Å². The molecule has 2 heterocycles. The molecular weight excluding hydrogens is 332 g/mol. The largest absolute Gasteiger partial charge is 0.311 e. The zero-order chi connectivity index (χ0) is 18.1. The summed E-state index contributed by atoms with van der Waals surface area (Å²) in [6.07, 6.45) is 3.44. The number of aryl methyl sites for hydroxylation is 2. The van der Waals surface area contributed by atoms with Gasteiger partial charge in [0, 0.05) is 23.6 Å². The minimum atomic E-state index is -0.0914. The van der Waals surface area contributed by atoms with Crippen LogP contribution in [0.2, 0.25) is 0 Å². The number of pyridine rings is 2. The van der Waals surface area contributed by atoms with Gasteiger partial charge in [0.2, 0.25) is 5.91 Å². The zero-order valence-corrected chi connectivity index (χ0v) is 15.4. The first kappa shape index (κ1) is 18.9. The highest BCUT2D eigenvalue weighted by Gasteiger charge is 2.09. The van der Waals surface area contributed by atoms with Gasteiger partial charge in [-0.05, 0) is 44.0 Å². The normalized spacial score (nSPS) is 10.3. The van der Waals surface area contributed by atoms with Crippen LogP contribution in [0.1, 0.15) is 43.1 Å². The number of nitrogens with zero attached hydrogens (tertiary/aromatic N) is 3. The Morgan fingerprint density at radius 2 is 2.12 bits per heavy atom. The van der Waals surface area contributed by atoms with Crippen LogP contribution in [-0.2, 0) is 11.2 Å². The molecule has 0 atom stereocenters. The van der Waals surface area contributed by atoms with Crippen molar-refractivity contribution in [2.45, 2.75) is 44.6 Å². The Labute approximate surface area is 152 Å². The van der Waals surface area contributed by atoms with Crippen LogP contribution in [0.3, 0.4) is 0 Å². The molecule has 25 heavy (non-hydrogen) atoms. The van der Waals surface area contributed by atoms with Crippen molar-refractivity contribution in [3.05, 3.63) is 47.3 Å². The van der Waals surface area contributed by atoms with Crippen molar-refractivity contribution < 1.29 is 4.79 Å². The number of rotatable bonds is 8. The van der Waals surface area contributed by atoms with E-state index >= 15 is 0 Å². The van der Waals surface area contributed by atoms with E-state index in [1.165, 1.54) is 11.8 Å². The summed E-state index contributed by atoms with van der Waals surface area (Å²) in [7, 11) is 0. The molecule has 0 saturated carbocycles. The number of thioether (sulfide) groups is 1. The van der Waals surface area contributed by atoms with E-state index in [0.29, 0.717) is 28.6 Å². The highest BCUT2D eigenvalue weighted by atomic mass is 32.2. The Bertz CT molecular complexity index is 770. The molecule has 2 aromatic heterocycles. The van der Waals surface area contributed by atoms with Crippen LogP contribution in [0.5, 0.6) is 0 Å². The lowest BCUT2D eigenvalue weighted by atomic mass is 10.2. The first-order chi connectivity index (χ1) is 12.1. The summed E-state index contributed by atoms with van der Waals surface area (Å²) in [4.78, 5) is 20.8. The van der Waals surface area contributed by atoms with Crippen LogP contribution in [-0.4, -0.2) is 21.6 Å². The molecule has 0 bridgehead atoms. The fraction of sp³-hybridized carbons (Fsp3) is 0.368. The molecule has 0 aliphatic rings.